The molecule has 0 saturated carbocycles. The Bertz CT molecular complexity index is 480. The quantitative estimate of drug-likeness (QED) is 0.699. The average molecular weight is 248 g/mol. The summed E-state index contributed by atoms with van der Waals surface area (Å²) in [5, 5.41) is 0.630. The largest absolute Gasteiger partial charge is 0.336 e. The van der Waals surface area contributed by atoms with Crippen LogP contribution in [0.3, 0.4) is 0 Å². The van der Waals surface area contributed by atoms with Crippen molar-refractivity contribution in [3.8, 4) is 0 Å². The molecule has 0 N–H and O–H groups in total. The summed E-state index contributed by atoms with van der Waals surface area (Å²) >= 11 is 6.35. The maximum atomic E-state index is 12.2. The lowest BCUT2D eigenvalue weighted by atomic mass is 10.1. The van der Waals surface area contributed by atoms with Crippen LogP contribution in [0, 0.1) is 0 Å². The van der Waals surface area contributed by atoms with E-state index in [4.69, 9.17) is 11.6 Å². The van der Waals surface area contributed by atoms with E-state index < -0.39 is 0 Å². The number of rotatable bonds is 1. The molecule has 2 saturated heterocycles. The van der Waals surface area contributed by atoms with Gasteiger partial charge in [0.1, 0.15) is 0 Å². The van der Waals surface area contributed by atoms with E-state index in [9.17, 15) is 4.79 Å². The molecule has 0 spiro atoms. The van der Waals surface area contributed by atoms with Gasteiger partial charge in [0.2, 0.25) is 0 Å². The smallest absolute Gasteiger partial charge is 0.251 e. The van der Waals surface area contributed by atoms with Gasteiger partial charge in [0.25, 0.3) is 5.91 Å². The van der Waals surface area contributed by atoms with E-state index in [2.05, 4.69) is 0 Å². The molecular weight excluding hydrogens is 234 g/mol. The minimum atomic E-state index is 0.140. The molecule has 1 aromatic carbocycles. The predicted molar refractivity (Wildman–Crippen MR) is 68.6 cm³/mol. The molecule has 17 heavy (non-hydrogen) atoms. The minimum Gasteiger partial charge on any atom is -0.336 e. The zero-order valence-corrected chi connectivity index (χ0v) is 10.3. The van der Waals surface area contributed by atoms with Crippen LogP contribution in [0.15, 0.2) is 35.9 Å². The van der Waals surface area contributed by atoms with Gasteiger partial charge in [-0.2, -0.15) is 0 Å². The second kappa shape index (κ2) is 4.19. The highest BCUT2D eigenvalue weighted by atomic mass is 35.5. The third-order valence-corrected chi connectivity index (χ3v) is 4.07. The number of carbonyl (C=O) groups excluding carboxylic acids is 1. The Morgan fingerprint density at radius 1 is 1.29 bits per heavy atom. The molecular formula is C14H14ClNO. The maximum Gasteiger partial charge on any atom is 0.251 e. The highest BCUT2D eigenvalue weighted by Crippen LogP contribution is 2.37. The van der Waals surface area contributed by atoms with E-state index in [1.165, 1.54) is 0 Å². The number of halogens is 1. The Morgan fingerprint density at radius 2 is 2.06 bits per heavy atom. The van der Waals surface area contributed by atoms with Crippen molar-refractivity contribution in [2.75, 3.05) is 6.54 Å². The third-order valence-electron chi connectivity index (χ3n) is 3.63. The molecule has 2 nitrogen and oxygen atoms in total. The van der Waals surface area contributed by atoms with Crippen LogP contribution < -0.4 is 0 Å². The van der Waals surface area contributed by atoms with Crippen LogP contribution >= 0.6 is 11.6 Å². The van der Waals surface area contributed by atoms with Gasteiger partial charge < -0.3 is 4.90 Å². The van der Waals surface area contributed by atoms with Crippen molar-refractivity contribution in [3.05, 3.63) is 41.5 Å². The van der Waals surface area contributed by atoms with Gasteiger partial charge in [0.05, 0.1) is 5.03 Å². The lowest BCUT2D eigenvalue weighted by Gasteiger charge is -2.13. The van der Waals surface area contributed by atoms with E-state index in [-0.39, 0.29) is 5.91 Å². The van der Waals surface area contributed by atoms with E-state index in [1.807, 2.05) is 35.2 Å². The summed E-state index contributed by atoms with van der Waals surface area (Å²) in [6.07, 6.45) is 3.06. The first-order valence-electron chi connectivity index (χ1n) is 6.02. The summed E-state index contributed by atoms with van der Waals surface area (Å²) < 4.78 is 0. The zero-order valence-electron chi connectivity index (χ0n) is 9.53. The Hall–Kier alpha value is -1.28. The highest BCUT2D eigenvalue weighted by Gasteiger charge is 2.39. The Labute approximate surface area is 106 Å². The molecule has 1 unspecified atom stereocenters. The Morgan fingerprint density at radius 3 is 2.76 bits per heavy atom. The Balaban J connectivity index is 1.97. The first-order chi connectivity index (χ1) is 8.27. The highest BCUT2D eigenvalue weighted by molar-refractivity contribution is 6.51. The second-order valence-corrected chi connectivity index (χ2v) is 5.04. The standard InChI is InChI=1S/C14H14ClNO/c15-13(10-5-2-1-3-6-10)12-9-11-7-4-8-16(11)14(12)17/h1-3,5-6,11H,4,7-9H2/b13-12+. The van der Waals surface area contributed by atoms with Crippen LogP contribution in [-0.4, -0.2) is 23.4 Å². The molecule has 2 aliphatic rings. The van der Waals surface area contributed by atoms with E-state index >= 15 is 0 Å². The van der Waals surface area contributed by atoms with Gasteiger partial charge in [-0.1, -0.05) is 41.9 Å². The summed E-state index contributed by atoms with van der Waals surface area (Å²) in [4.78, 5) is 14.2. The molecule has 0 bridgehead atoms. The van der Waals surface area contributed by atoms with Gasteiger partial charge in [-0.25, -0.2) is 0 Å². The lowest BCUT2D eigenvalue weighted by molar-refractivity contribution is -0.125. The number of amides is 1. The fraction of sp³-hybridized carbons (Fsp3) is 0.357. The van der Waals surface area contributed by atoms with Gasteiger partial charge in [0, 0.05) is 18.2 Å². The lowest BCUT2D eigenvalue weighted by Crippen LogP contribution is -2.27. The monoisotopic (exact) mass is 247 g/mol. The van der Waals surface area contributed by atoms with Gasteiger partial charge in [0.15, 0.2) is 0 Å². The SMILES string of the molecule is O=C1/C(=C(/Cl)c2ccccc2)CC2CCCN12. The summed E-state index contributed by atoms with van der Waals surface area (Å²) in [7, 11) is 0. The van der Waals surface area contributed by atoms with Crippen LogP contribution in [0.1, 0.15) is 24.8 Å². The fourth-order valence-corrected chi connectivity index (χ4v) is 3.04. The molecule has 3 heteroatoms. The number of hydrogen-bond donors (Lipinski definition) is 0. The Kier molecular flexibility index (Phi) is 2.67. The fourth-order valence-electron chi connectivity index (χ4n) is 2.75. The predicted octanol–water partition coefficient (Wildman–Crippen LogP) is 3.03. The average Bonchev–Trinajstić information content (AvgIpc) is 2.93. The number of benzene rings is 1. The van der Waals surface area contributed by atoms with Crippen molar-refractivity contribution in [1.29, 1.82) is 0 Å². The van der Waals surface area contributed by atoms with E-state index in [0.717, 1.165) is 36.9 Å². The zero-order chi connectivity index (χ0) is 11.8. The van der Waals surface area contributed by atoms with Crippen molar-refractivity contribution < 1.29 is 4.79 Å². The molecule has 88 valence electrons. The van der Waals surface area contributed by atoms with E-state index in [1.54, 1.807) is 0 Å². The molecule has 2 aliphatic heterocycles. The van der Waals surface area contributed by atoms with Crippen LogP contribution in [-0.2, 0) is 4.79 Å². The number of carbonyl (C=O) groups is 1. The van der Waals surface area contributed by atoms with Gasteiger partial charge in [-0.05, 0) is 24.8 Å². The molecule has 0 aromatic heterocycles. The van der Waals surface area contributed by atoms with Crippen molar-refractivity contribution in [2.24, 2.45) is 0 Å². The summed E-state index contributed by atoms with van der Waals surface area (Å²) in [6.45, 7) is 0.895. The number of hydrogen-bond acceptors (Lipinski definition) is 1. The number of nitrogens with zero attached hydrogens (tertiary/aromatic N) is 1. The maximum absolute atomic E-state index is 12.2. The molecule has 2 fully saturated rings. The minimum absolute atomic E-state index is 0.140. The molecule has 2 heterocycles. The summed E-state index contributed by atoms with van der Waals surface area (Å²) in [5.74, 6) is 0.140. The molecule has 0 radical (unpaired) electrons. The van der Waals surface area contributed by atoms with Gasteiger partial charge >= 0.3 is 0 Å². The topological polar surface area (TPSA) is 20.3 Å². The first-order valence-corrected chi connectivity index (χ1v) is 6.40. The van der Waals surface area contributed by atoms with Crippen LogP contribution in [0.5, 0.6) is 0 Å². The van der Waals surface area contributed by atoms with Gasteiger partial charge in [-0.15, -0.1) is 0 Å². The van der Waals surface area contributed by atoms with Crippen LogP contribution in [0.2, 0.25) is 0 Å². The van der Waals surface area contributed by atoms with Crippen LogP contribution in [0.25, 0.3) is 5.03 Å². The van der Waals surface area contributed by atoms with E-state index in [0.29, 0.717) is 11.1 Å². The van der Waals surface area contributed by atoms with Crippen molar-refractivity contribution in [2.45, 2.75) is 25.3 Å². The van der Waals surface area contributed by atoms with Crippen LogP contribution in [0.4, 0.5) is 0 Å². The summed E-state index contributed by atoms with van der Waals surface area (Å²) in [6, 6.07) is 10.1. The van der Waals surface area contributed by atoms with Crippen molar-refractivity contribution in [3.63, 3.8) is 0 Å². The molecule has 1 amide bonds. The molecule has 0 aliphatic carbocycles. The summed E-state index contributed by atoms with van der Waals surface area (Å²) in [5.41, 5.74) is 1.74. The van der Waals surface area contributed by atoms with Crippen molar-refractivity contribution in [1.82, 2.24) is 4.90 Å². The first kappa shape index (κ1) is 10.8. The molecule has 3 rings (SSSR count). The van der Waals surface area contributed by atoms with Gasteiger partial charge in [-0.3, -0.25) is 4.79 Å². The molecule has 1 atom stereocenters. The third kappa shape index (κ3) is 1.77. The normalized spacial score (nSPS) is 26.3. The number of fused-ring (bicyclic) bond motifs is 1. The second-order valence-electron chi connectivity index (χ2n) is 4.66. The van der Waals surface area contributed by atoms with Crippen molar-refractivity contribution >= 4 is 22.5 Å². The molecule has 1 aromatic rings.